The Kier molecular flexibility index (Phi) is 3.78. The summed E-state index contributed by atoms with van der Waals surface area (Å²) in [7, 11) is 1.85. The third-order valence-corrected chi connectivity index (χ3v) is 4.98. The molecule has 0 unspecified atom stereocenters. The number of amides is 1. The van der Waals surface area contributed by atoms with Gasteiger partial charge in [-0.15, -0.1) is 5.10 Å². The van der Waals surface area contributed by atoms with Gasteiger partial charge in [0.2, 0.25) is 0 Å². The van der Waals surface area contributed by atoms with Crippen LogP contribution in [-0.2, 0) is 13.6 Å². The number of aryl methyl sites for hydroxylation is 3. The van der Waals surface area contributed by atoms with Crippen molar-refractivity contribution in [3.8, 4) is 0 Å². The Labute approximate surface area is 146 Å². The quantitative estimate of drug-likeness (QED) is 0.733. The van der Waals surface area contributed by atoms with Crippen molar-refractivity contribution in [3.63, 3.8) is 0 Å². The number of hydrogen-bond acceptors (Lipinski definition) is 4. The van der Waals surface area contributed by atoms with E-state index in [1.165, 1.54) is 0 Å². The number of hydrogen-bond donors (Lipinski definition) is 0. The van der Waals surface area contributed by atoms with Crippen LogP contribution in [0.2, 0.25) is 0 Å². The number of carbonyl (C=O) groups is 1. The summed E-state index contributed by atoms with van der Waals surface area (Å²) in [4.78, 5) is 15.0. The van der Waals surface area contributed by atoms with Gasteiger partial charge in [-0.2, -0.15) is 5.10 Å². The Balaban J connectivity index is 1.58. The van der Waals surface area contributed by atoms with Gasteiger partial charge < -0.3 is 4.90 Å². The van der Waals surface area contributed by atoms with Crippen LogP contribution in [0.15, 0.2) is 24.3 Å². The van der Waals surface area contributed by atoms with Gasteiger partial charge in [-0.1, -0.05) is 5.21 Å². The van der Waals surface area contributed by atoms with Gasteiger partial charge in [0.05, 0.1) is 23.8 Å². The van der Waals surface area contributed by atoms with Crippen LogP contribution in [-0.4, -0.2) is 48.2 Å². The first-order chi connectivity index (χ1) is 12.0. The second-order valence-corrected chi connectivity index (χ2v) is 6.82. The van der Waals surface area contributed by atoms with Crippen LogP contribution in [0.3, 0.4) is 0 Å². The van der Waals surface area contributed by atoms with Crippen LogP contribution in [0.4, 0.5) is 0 Å². The van der Waals surface area contributed by atoms with Gasteiger partial charge in [-0.05, 0) is 51.0 Å². The van der Waals surface area contributed by atoms with Crippen LogP contribution in [0.25, 0.3) is 11.0 Å². The van der Waals surface area contributed by atoms with Gasteiger partial charge in [-0.3, -0.25) is 9.48 Å². The number of carbonyl (C=O) groups excluding carboxylic acids is 1. The van der Waals surface area contributed by atoms with E-state index in [0.29, 0.717) is 5.56 Å². The smallest absolute Gasteiger partial charge is 0.254 e. The van der Waals surface area contributed by atoms with Gasteiger partial charge >= 0.3 is 0 Å². The van der Waals surface area contributed by atoms with Crippen molar-refractivity contribution in [1.82, 2.24) is 29.7 Å². The third kappa shape index (κ3) is 2.79. The van der Waals surface area contributed by atoms with Gasteiger partial charge in [-0.25, -0.2) is 4.68 Å². The topological polar surface area (TPSA) is 68.8 Å². The number of fused-ring (bicyclic) bond motifs is 1. The summed E-state index contributed by atoms with van der Waals surface area (Å²) in [5.41, 5.74) is 4.51. The lowest BCUT2D eigenvalue weighted by atomic mass is 10.1. The number of likely N-dealkylation sites (tertiary alicyclic amines) is 1. The van der Waals surface area contributed by atoms with Crippen LogP contribution in [0.5, 0.6) is 0 Å². The molecular formula is C18H22N6O. The molecule has 0 spiro atoms. The first-order valence-electron chi connectivity index (χ1n) is 8.64. The van der Waals surface area contributed by atoms with E-state index in [1.54, 1.807) is 4.68 Å². The van der Waals surface area contributed by atoms with Crippen molar-refractivity contribution in [2.75, 3.05) is 6.54 Å². The molecule has 7 heteroatoms. The Morgan fingerprint density at radius 1 is 1.28 bits per heavy atom. The average Bonchev–Trinajstić information content (AvgIpc) is 3.27. The molecule has 1 aliphatic heterocycles. The molecule has 1 atom stereocenters. The van der Waals surface area contributed by atoms with Crippen molar-refractivity contribution < 1.29 is 4.79 Å². The van der Waals surface area contributed by atoms with E-state index in [1.807, 2.05) is 41.8 Å². The fourth-order valence-corrected chi connectivity index (χ4v) is 3.69. The lowest BCUT2D eigenvalue weighted by molar-refractivity contribution is 0.0721. The molecule has 1 fully saturated rings. The molecule has 130 valence electrons. The Morgan fingerprint density at radius 2 is 2.12 bits per heavy atom. The third-order valence-electron chi connectivity index (χ3n) is 4.98. The molecule has 4 rings (SSSR count). The van der Waals surface area contributed by atoms with Crippen LogP contribution < -0.4 is 0 Å². The summed E-state index contributed by atoms with van der Waals surface area (Å²) in [6.07, 6.45) is 2.04. The SMILES string of the molecule is Cc1cc(C)n(C[C@H]2CCCN2C(=O)c2ccc3c(c2)nnn3C)n1. The van der Waals surface area contributed by atoms with Crippen LogP contribution in [0, 0.1) is 13.8 Å². The number of nitrogens with zero attached hydrogens (tertiary/aromatic N) is 6. The van der Waals surface area contributed by atoms with E-state index in [9.17, 15) is 4.79 Å². The van der Waals surface area contributed by atoms with E-state index in [0.717, 1.165) is 48.4 Å². The maximum atomic E-state index is 13.0. The molecule has 1 aliphatic rings. The zero-order valence-corrected chi connectivity index (χ0v) is 14.8. The number of aromatic nitrogens is 5. The summed E-state index contributed by atoms with van der Waals surface area (Å²) < 4.78 is 3.72. The molecular weight excluding hydrogens is 316 g/mol. The molecule has 0 N–H and O–H groups in total. The highest BCUT2D eigenvalue weighted by Gasteiger charge is 2.30. The van der Waals surface area contributed by atoms with Crippen molar-refractivity contribution in [1.29, 1.82) is 0 Å². The Bertz CT molecular complexity index is 940. The summed E-state index contributed by atoms with van der Waals surface area (Å²) >= 11 is 0. The molecule has 0 radical (unpaired) electrons. The molecule has 7 nitrogen and oxygen atoms in total. The number of benzene rings is 1. The second-order valence-electron chi connectivity index (χ2n) is 6.82. The predicted molar refractivity (Wildman–Crippen MR) is 94.3 cm³/mol. The fourth-order valence-electron chi connectivity index (χ4n) is 3.69. The molecule has 0 bridgehead atoms. The predicted octanol–water partition coefficient (Wildman–Crippen LogP) is 2.09. The van der Waals surface area contributed by atoms with Crippen LogP contribution >= 0.6 is 0 Å². The van der Waals surface area contributed by atoms with Gasteiger partial charge in [0.15, 0.2) is 0 Å². The summed E-state index contributed by atoms with van der Waals surface area (Å²) in [5.74, 6) is 0.0663. The van der Waals surface area contributed by atoms with E-state index >= 15 is 0 Å². The second kappa shape index (κ2) is 5.98. The standard InChI is InChI=1S/C18H22N6O/c1-12-9-13(2)24(20-12)11-15-5-4-8-23(15)18(25)14-6-7-17-16(10-14)19-21-22(17)3/h6-7,9-10,15H,4-5,8,11H2,1-3H3/t15-/m1/s1. The molecule has 0 saturated carbocycles. The van der Waals surface area contributed by atoms with E-state index in [4.69, 9.17) is 0 Å². The van der Waals surface area contributed by atoms with Crippen LogP contribution in [0.1, 0.15) is 34.6 Å². The summed E-state index contributed by atoms with van der Waals surface area (Å²) in [6, 6.07) is 7.87. The molecule has 25 heavy (non-hydrogen) atoms. The first kappa shape index (κ1) is 15.8. The molecule has 1 aromatic carbocycles. The van der Waals surface area contributed by atoms with Crippen molar-refractivity contribution in [2.45, 2.75) is 39.3 Å². The minimum absolute atomic E-state index is 0.0663. The van der Waals surface area contributed by atoms with E-state index < -0.39 is 0 Å². The lowest BCUT2D eigenvalue weighted by Gasteiger charge is -2.25. The minimum Gasteiger partial charge on any atom is -0.334 e. The lowest BCUT2D eigenvalue weighted by Crippen LogP contribution is -2.38. The van der Waals surface area contributed by atoms with Gasteiger partial charge in [0.1, 0.15) is 5.52 Å². The van der Waals surface area contributed by atoms with Crippen molar-refractivity contribution >= 4 is 16.9 Å². The summed E-state index contributed by atoms with van der Waals surface area (Å²) in [6.45, 7) is 5.60. The van der Waals surface area contributed by atoms with Crippen molar-refractivity contribution in [3.05, 3.63) is 41.2 Å². The van der Waals surface area contributed by atoms with E-state index in [2.05, 4.69) is 28.4 Å². The van der Waals surface area contributed by atoms with E-state index in [-0.39, 0.29) is 11.9 Å². The molecule has 3 aromatic rings. The minimum atomic E-state index is 0.0663. The molecule has 2 aromatic heterocycles. The zero-order chi connectivity index (χ0) is 17.6. The highest BCUT2D eigenvalue weighted by molar-refractivity contribution is 5.97. The first-order valence-corrected chi connectivity index (χ1v) is 8.64. The maximum Gasteiger partial charge on any atom is 0.254 e. The average molecular weight is 338 g/mol. The monoisotopic (exact) mass is 338 g/mol. The normalized spacial score (nSPS) is 17.6. The molecule has 0 aliphatic carbocycles. The number of rotatable bonds is 3. The highest BCUT2D eigenvalue weighted by atomic mass is 16.2. The summed E-state index contributed by atoms with van der Waals surface area (Å²) in [5, 5.41) is 12.7. The zero-order valence-electron chi connectivity index (χ0n) is 14.8. The van der Waals surface area contributed by atoms with Gasteiger partial charge in [0.25, 0.3) is 5.91 Å². The molecule has 1 saturated heterocycles. The highest BCUT2D eigenvalue weighted by Crippen LogP contribution is 2.23. The van der Waals surface area contributed by atoms with Crippen molar-refractivity contribution in [2.24, 2.45) is 7.05 Å². The molecule has 1 amide bonds. The van der Waals surface area contributed by atoms with Gasteiger partial charge in [0, 0.05) is 24.8 Å². The Hall–Kier alpha value is -2.70. The maximum absolute atomic E-state index is 13.0. The molecule has 3 heterocycles. The largest absolute Gasteiger partial charge is 0.334 e. The Morgan fingerprint density at radius 3 is 2.88 bits per heavy atom. The fraction of sp³-hybridized carbons (Fsp3) is 0.444.